The first kappa shape index (κ1) is 21.1. The van der Waals surface area contributed by atoms with Gasteiger partial charge in [-0.3, -0.25) is 9.59 Å². The van der Waals surface area contributed by atoms with Crippen molar-refractivity contribution in [2.45, 2.75) is 27.0 Å². The molecule has 150 valence electrons. The molecule has 28 heavy (non-hydrogen) atoms. The van der Waals surface area contributed by atoms with Crippen molar-refractivity contribution >= 4 is 11.8 Å². The van der Waals surface area contributed by atoms with E-state index >= 15 is 0 Å². The van der Waals surface area contributed by atoms with Crippen LogP contribution in [0.2, 0.25) is 0 Å². The van der Waals surface area contributed by atoms with E-state index in [2.05, 4.69) is 15.4 Å². The highest BCUT2D eigenvalue weighted by atomic mass is 19.3. The smallest absolute Gasteiger partial charge is 0.387 e. The summed E-state index contributed by atoms with van der Waals surface area (Å²) in [5, 5.41) is 5.21. The van der Waals surface area contributed by atoms with Crippen LogP contribution >= 0.6 is 0 Å². The predicted octanol–water partition coefficient (Wildman–Crippen LogP) is 2.96. The third-order valence-corrected chi connectivity index (χ3v) is 3.99. The standard InChI is InChI=1S/C20H22F2N2O4/c1-12-8-15(9-13(2)18(12)28-20(21)22)19(26)24-11-17(25)23-10-14-4-6-16(27-3)7-5-14/h4-9,20H,10-11H2,1-3H3,(H,23,25)(H,24,26). The molecule has 2 aromatic carbocycles. The number of hydrogen-bond donors (Lipinski definition) is 2. The first-order chi connectivity index (χ1) is 13.3. The number of halogens is 2. The monoisotopic (exact) mass is 392 g/mol. The van der Waals surface area contributed by atoms with Gasteiger partial charge in [0.1, 0.15) is 11.5 Å². The minimum absolute atomic E-state index is 0.0452. The summed E-state index contributed by atoms with van der Waals surface area (Å²) in [6, 6.07) is 10.1. The van der Waals surface area contributed by atoms with Crippen LogP contribution in [0.15, 0.2) is 36.4 Å². The van der Waals surface area contributed by atoms with Crippen molar-refractivity contribution in [2.24, 2.45) is 0 Å². The number of alkyl halides is 2. The van der Waals surface area contributed by atoms with Gasteiger partial charge in [-0.2, -0.15) is 8.78 Å². The van der Waals surface area contributed by atoms with Crippen molar-refractivity contribution < 1.29 is 27.8 Å². The Morgan fingerprint density at radius 1 is 1.04 bits per heavy atom. The zero-order valence-electron chi connectivity index (χ0n) is 15.8. The minimum Gasteiger partial charge on any atom is -0.497 e. The van der Waals surface area contributed by atoms with Gasteiger partial charge in [-0.1, -0.05) is 12.1 Å². The highest BCUT2D eigenvalue weighted by molar-refractivity contribution is 5.97. The van der Waals surface area contributed by atoms with Crippen LogP contribution in [-0.4, -0.2) is 32.1 Å². The lowest BCUT2D eigenvalue weighted by Crippen LogP contribution is -2.36. The van der Waals surface area contributed by atoms with Gasteiger partial charge in [0, 0.05) is 12.1 Å². The molecular weight excluding hydrogens is 370 g/mol. The van der Waals surface area contributed by atoms with Crippen LogP contribution in [0.4, 0.5) is 8.78 Å². The largest absolute Gasteiger partial charge is 0.497 e. The van der Waals surface area contributed by atoms with Gasteiger partial charge in [0.15, 0.2) is 0 Å². The summed E-state index contributed by atoms with van der Waals surface area (Å²) in [6.07, 6.45) is 0. The lowest BCUT2D eigenvalue weighted by atomic mass is 10.1. The maximum Gasteiger partial charge on any atom is 0.387 e. The van der Waals surface area contributed by atoms with Crippen molar-refractivity contribution in [1.29, 1.82) is 0 Å². The Labute approximate surface area is 161 Å². The second kappa shape index (κ2) is 9.68. The second-order valence-corrected chi connectivity index (χ2v) is 6.13. The van der Waals surface area contributed by atoms with Crippen LogP contribution in [0.5, 0.6) is 11.5 Å². The molecule has 0 bridgehead atoms. The molecule has 0 radical (unpaired) electrons. The Kier molecular flexibility index (Phi) is 7.31. The molecule has 0 spiro atoms. The molecule has 2 amide bonds. The molecule has 2 aromatic rings. The minimum atomic E-state index is -2.94. The Balaban J connectivity index is 1.87. The Morgan fingerprint density at radius 3 is 2.18 bits per heavy atom. The fourth-order valence-electron chi connectivity index (χ4n) is 2.63. The van der Waals surface area contributed by atoms with E-state index in [9.17, 15) is 18.4 Å². The van der Waals surface area contributed by atoms with Gasteiger partial charge in [-0.15, -0.1) is 0 Å². The number of aryl methyl sites for hydroxylation is 2. The van der Waals surface area contributed by atoms with Crippen molar-refractivity contribution in [3.8, 4) is 11.5 Å². The van der Waals surface area contributed by atoms with E-state index in [4.69, 9.17) is 4.74 Å². The first-order valence-corrected chi connectivity index (χ1v) is 8.54. The topological polar surface area (TPSA) is 76.7 Å². The number of hydrogen-bond acceptors (Lipinski definition) is 4. The zero-order chi connectivity index (χ0) is 20.7. The molecule has 0 heterocycles. The van der Waals surface area contributed by atoms with Crippen LogP contribution in [0.3, 0.4) is 0 Å². The van der Waals surface area contributed by atoms with E-state index in [1.54, 1.807) is 33.1 Å². The molecule has 2 N–H and O–H groups in total. The second-order valence-electron chi connectivity index (χ2n) is 6.13. The number of carbonyl (C=O) groups excluding carboxylic acids is 2. The van der Waals surface area contributed by atoms with Crippen LogP contribution in [0.25, 0.3) is 0 Å². The fraction of sp³-hybridized carbons (Fsp3) is 0.300. The Bertz CT molecular complexity index is 816. The van der Waals surface area contributed by atoms with E-state index in [0.29, 0.717) is 17.7 Å². The van der Waals surface area contributed by atoms with Crippen LogP contribution < -0.4 is 20.1 Å². The fourth-order valence-corrected chi connectivity index (χ4v) is 2.63. The van der Waals surface area contributed by atoms with Gasteiger partial charge in [0.05, 0.1) is 13.7 Å². The van der Waals surface area contributed by atoms with E-state index in [-0.39, 0.29) is 23.8 Å². The number of methoxy groups -OCH3 is 1. The maximum absolute atomic E-state index is 12.4. The predicted molar refractivity (Wildman–Crippen MR) is 99.7 cm³/mol. The highest BCUT2D eigenvalue weighted by Crippen LogP contribution is 2.26. The van der Waals surface area contributed by atoms with E-state index < -0.39 is 12.5 Å². The highest BCUT2D eigenvalue weighted by Gasteiger charge is 2.15. The average molecular weight is 392 g/mol. The van der Waals surface area contributed by atoms with Crippen LogP contribution in [-0.2, 0) is 11.3 Å². The Hall–Kier alpha value is -3.16. The molecule has 6 nitrogen and oxygen atoms in total. The number of ether oxygens (including phenoxy) is 2. The third kappa shape index (κ3) is 5.94. The number of nitrogens with one attached hydrogen (secondary N) is 2. The van der Waals surface area contributed by atoms with Gasteiger partial charge in [-0.25, -0.2) is 0 Å². The molecule has 0 aliphatic heterocycles. The van der Waals surface area contributed by atoms with Gasteiger partial charge >= 0.3 is 6.61 Å². The van der Waals surface area contributed by atoms with E-state index in [1.807, 2.05) is 12.1 Å². The molecule has 0 saturated heterocycles. The molecular formula is C20H22F2N2O4. The molecule has 0 aliphatic carbocycles. The molecule has 0 atom stereocenters. The summed E-state index contributed by atoms with van der Waals surface area (Å²) in [5.41, 5.74) is 1.98. The molecule has 0 fully saturated rings. The van der Waals surface area contributed by atoms with Crippen LogP contribution in [0.1, 0.15) is 27.0 Å². The van der Waals surface area contributed by atoms with E-state index in [1.165, 1.54) is 12.1 Å². The summed E-state index contributed by atoms with van der Waals surface area (Å²) in [6.45, 7) is 0.317. The molecule has 0 saturated carbocycles. The van der Waals surface area contributed by atoms with Gasteiger partial charge in [-0.05, 0) is 54.8 Å². The SMILES string of the molecule is COc1ccc(CNC(=O)CNC(=O)c2cc(C)c(OC(F)F)c(C)c2)cc1. The van der Waals surface area contributed by atoms with Crippen molar-refractivity contribution in [3.63, 3.8) is 0 Å². The number of benzene rings is 2. The lowest BCUT2D eigenvalue weighted by Gasteiger charge is -2.13. The molecule has 0 aliphatic rings. The quantitative estimate of drug-likeness (QED) is 0.724. The number of rotatable bonds is 8. The summed E-state index contributed by atoms with van der Waals surface area (Å²) >= 11 is 0. The zero-order valence-corrected chi connectivity index (χ0v) is 15.8. The molecule has 0 aromatic heterocycles. The van der Waals surface area contributed by atoms with Crippen LogP contribution in [0, 0.1) is 13.8 Å². The number of amides is 2. The first-order valence-electron chi connectivity index (χ1n) is 8.54. The van der Waals surface area contributed by atoms with Gasteiger partial charge in [0.2, 0.25) is 5.91 Å². The third-order valence-electron chi connectivity index (χ3n) is 3.99. The van der Waals surface area contributed by atoms with Gasteiger partial charge < -0.3 is 20.1 Å². The van der Waals surface area contributed by atoms with E-state index in [0.717, 1.165) is 11.3 Å². The van der Waals surface area contributed by atoms with Crippen molar-refractivity contribution in [1.82, 2.24) is 10.6 Å². The molecule has 0 unspecified atom stereocenters. The summed E-state index contributed by atoms with van der Waals surface area (Å²) in [4.78, 5) is 24.2. The van der Waals surface area contributed by atoms with Gasteiger partial charge in [0.25, 0.3) is 5.91 Å². The Morgan fingerprint density at radius 2 is 1.64 bits per heavy atom. The van der Waals surface area contributed by atoms with Crippen molar-refractivity contribution in [3.05, 3.63) is 58.7 Å². The number of carbonyl (C=O) groups is 2. The summed E-state index contributed by atoms with van der Waals surface area (Å²) in [7, 11) is 1.57. The lowest BCUT2D eigenvalue weighted by molar-refractivity contribution is -0.120. The summed E-state index contributed by atoms with van der Waals surface area (Å²) in [5.74, 6) is -0.0636. The summed E-state index contributed by atoms with van der Waals surface area (Å²) < 4.78 is 34.4. The molecule has 8 heteroatoms. The molecule has 2 rings (SSSR count). The maximum atomic E-state index is 12.4. The normalized spacial score (nSPS) is 10.5. The van der Waals surface area contributed by atoms with Crippen molar-refractivity contribution in [2.75, 3.05) is 13.7 Å². The average Bonchev–Trinajstić information content (AvgIpc) is 2.67.